The molecule has 0 fully saturated rings. The zero-order valence-corrected chi connectivity index (χ0v) is 17.1. The minimum atomic E-state index is -1.52. The Morgan fingerprint density at radius 2 is 1.09 bits per heavy atom. The first-order chi connectivity index (χ1) is 15.4. The third kappa shape index (κ3) is 4.86. The highest BCUT2D eigenvalue weighted by Crippen LogP contribution is 2.31. The van der Waals surface area contributed by atoms with Gasteiger partial charge in [0, 0.05) is 29.4 Å². The molecule has 0 atom stereocenters. The average Bonchev–Trinajstić information content (AvgIpc) is 2.78. The molecule has 4 N–H and O–H groups in total. The highest BCUT2D eigenvalue weighted by atomic mass is 19.2. The van der Waals surface area contributed by atoms with Crippen LogP contribution in [0.5, 0.6) is 11.5 Å². The van der Waals surface area contributed by atoms with Crippen LogP contribution in [0.1, 0.15) is 22.6 Å². The molecular weight excluding hydrogens is 413 g/mol. The van der Waals surface area contributed by atoms with E-state index in [4.69, 9.17) is 16.2 Å². The first-order valence-corrected chi connectivity index (χ1v) is 10.0. The first kappa shape index (κ1) is 21.3. The van der Waals surface area contributed by atoms with Gasteiger partial charge in [-0.1, -0.05) is 36.4 Å². The van der Waals surface area contributed by atoms with Crippen molar-refractivity contribution in [2.75, 3.05) is 11.5 Å². The Hall–Kier alpha value is -3.93. The Balaban J connectivity index is 1.56. The summed E-state index contributed by atoms with van der Waals surface area (Å²) in [5.74, 6) is -3.78. The number of halogens is 3. The molecule has 0 saturated heterocycles. The van der Waals surface area contributed by atoms with Crippen LogP contribution in [0.15, 0.2) is 84.9 Å². The summed E-state index contributed by atoms with van der Waals surface area (Å²) >= 11 is 0. The molecule has 4 rings (SSSR count). The van der Waals surface area contributed by atoms with Gasteiger partial charge in [0.15, 0.2) is 17.5 Å². The zero-order chi connectivity index (χ0) is 22.7. The molecule has 4 aromatic carbocycles. The van der Waals surface area contributed by atoms with E-state index in [1.165, 1.54) is 0 Å². The van der Waals surface area contributed by atoms with Gasteiger partial charge in [0.05, 0.1) is 0 Å². The van der Waals surface area contributed by atoms with Crippen LogP contribution in [-0.2, 0) is 6.42 Å². The predicted molar refractivity (Wildman–Crippen MR) is 120 cm³/mol. The summed E-state index contributed by atoms with van der Waals surface area (Å²) in [5.41, 5.74) is 16.3. The number of rotatable bonds is 6. The number of hydrogen-bond donors (Lipinski definition) is 2. The molecule has 32 heavy (non-hydrogen) atoms. The minimum absolute atomic E-state index is 0.0725. The molecule has 0 aliphatic carbocycles. The monoisotopic (exact) mass is 434 g/mol. The molecule has 0 radical (unpaired) electrons. The standard InChI is InChI=1S/C26H21F3N2O/c27-24-14-22(15-25(28)26(24)29)32-21-11-1-16(2-12-21)13-23(17-3-7-19(30)8-4-17)18-5-9-20(31)10-6-18/h1-12,14-15,23H,13,30-31H2. The molecule has 0 unspecified atom stereocenters. The second kappa shape index (κ2) is 9.06. The van der Waals surface area contributed by atoms with Gasteiger partial charge in [0.2, 0.25) is 0 Å². The Bertz CT molecular complexity index is 1140. The molecule has 0 saturated carbocycles. The second-order valence-electron chi connectivity index (χ2n) is 7.54. The van der Waals surface area contributed by atoms with Crippen molar-refractivity contribution in [2.45, 2.75) is 12.3 Å². The van der Waals surface area contributed by atoms with Crippen LogP contribution >= 0.6 is 0 Å². The van der Waals surface area contributed by atoms with Gasteiger partial charge < -0.3 is 16.2 Å². The van der Waals surface area contributed by atoms with Gasteiger partial charge in [-0.3, -0.25) is 0 Å². The Morgan fingerprint density at radius 1 is 0.625 bits per heavy atom. The molecule has 0 aliphatic heterocycles. The fourth-order valence-electron chi connectivity index (χ4n) is 3.54. The third-order valence-electron chi connectivity index (χ3n) is 5.23. The zero-order valence-electron chi connectivity index (χ0n) is 17.1. The SMILES string of the molecule is Nc1ccc(C(Cc2ccc(Oc3cc(F)c(F)c(F)c3)cc2)c2ccc(N)cc2)cc1. The fraction of sp³-hybridized carbons (Fsp3) is 0.0769. The van der Waals surface area contributed by atoms with Gasteiger partial charge in [0.1, 0.15) is 11.5 Å². The van der Waals surface area contributed by atoms with Crippen molar-refractivity contribution in [3.8, 4) is 11.5 Å². The van der Waals surface area contributed by atoms with Crippen molar-refractivity contribution < 1.29 is 17.9 Å². The van der Waals surface area contributed by atoms with Gasteiger partial charge in [-0.05, 0) is 59.5 Å². The summed E-state index contributed by atoms with van der Waals surface area (Å²) in [6, 6.07) is 24.3. The van der Waals surface area contributed by atoms with Crippen molar-refractivity contribution in [1.82, 2.24) is 0 Å². The lowest BCUT2D eigenvalue weighted by Crippen LogP contribution is -2.06. The molecule has 0 aliphatic rings. The molecule has 0 spiro atoms. The van der Waals surface area contributed by atoms with Crippen molar-refractivity contribution in [2.24, 2.45) is 0 Å². The first-order valence-electron chi connectivity index (χ1n) is 10.0. The lowest BCUT2D eigenvalue weighted by atomic mass is 9.86. The van der Waals surface area contributed by atoms with Crippen LogP contribution in [-0.4, -0.2) is 0 Å². The lowest BCUT2D eigenvalue weighted by molar-refractivity contribution is 0.423. The van der Waals surface area contributed by atoms with E-state index in [-0.39, 0.29) is 11.7 Å². The average molecular weight is 434 g/mol. The number of nitrogen functional groups attached to an aromatic ring is 2. The van der Waals surface area contributed by atoms with Crippen LogP contribution in [0, 0.1) is 17.5 Å². The van der Waals surface area contributed by atoms with Gasteiger partial charge in [-0.2, -0.15) is 0 Å². The number of benzene rings is 4. The molecular formula is C26H21F3N2O. The molecule has 0 bridgehead atoms. The summed E-state index contributed by atoms with van der Waals surface area (Å²) < 4.78 is 45.4. The van der Waals surface area contributed by atoms with E-state index in [1.54, 1.807) is 12.1 Å². The Kier molecular flexibility index (Phi) is 6.03. The quantitative estimate of drug-likeness (QED) is 0.271. The summed E-state index contributed by atoms with van der Waals surface area (Å²) in [4.78, 5) is 0. The smallest absolute Gasteiger partial charge is 0.194 e. The predicted octanol–water partition coefficient (Wildman–Crippen LogP) is 6.44. The van der Waals surface area contributed by atoms with Crippen LogP contribution in [0.25, 0.3) is 0 Å². The van der Waals surface area contributed by atoms with Crippen LogP contribution in [0.2, 0.25) is 0 Å². The van der Waals surface area contributed by atoms with E-state index in [9.17, 15) is 13.2 Å². The fourth-order valence-corrected chi connectivity index (χ4v) is 3.54. The molecule has 3 nitrogen and oxygen atoms in total. The van der Waals surface area contributed by atoms with Crippen molar-refractivity contribution >= 4 is 11.4 Å². The maximum atomic E-state index is 13.4. The van der Waals surface area contributed by atoms with Crippen molar-refractivity contribution in [3.63, 3.8) is 0 Å². The van der Waals surface area contributed by atoms with Crippen molar-refractivity contribution in [3.05, 3.63) is 119 Å². The van der Waals surface area contributed by atoms with Gasteiger partial charge in [0.25, 0.3) is 0 Å². The van der Waals surface area contributed by atoms with Gasteiger partial charge >= 0.3 is 0 Å². The molecule has 6 heteroatoms. The second-order valence-corrected chi connectivity index (χ2v) is 7.54. The molecule has 0 aromatic heterocycles. The largest absolute Gasteiger partial charge is 0.457 e. The highest BCUT2D eigenvalue weighted by Gasteiger charge is 2.16. The third-order valence-corrected chi connectivity index (χ3v) is 5.23. The normalized spacial score (nSPS) is 11.0. The van der Waals surface area contributed by atoms with Gasteiger partial charge in [-0.25, -0.2) is 13.2 Å². The van der Waals surface area contributed by atoms with Crippen LogP contribution in [0.3, 0.4) is 0 Å². The summed E-state index contributed by atoms with van der Waals surface area (Å²) in [6.45, 7) is 0. The summed E-state index contributed by atoms with van der Waals surface area (Å²) in [7, 11) is 0. The number of anilines is 2. The van der Waals surface area contributed by atoms with Crippen molar-refractivity contribution in [1.29, 1.82) is 0 Å². The van der Waals surface area contributed by atoms with E-state index in [0.29, 0.717) is 23.5 Å². The van der Waals surface area contributed by atoms with Crippen LogP contribution in [0.4, 0.5) is 24.5 Å². The number of nitrogens with two attached hydrogens (primary N) is 2. The summed E-state index contributed by atoms with van der Waals surface area (Å²) in [5, 5.41) is 0. The van der Waals surface area contributed by atoms with E-state index >= 15 is 0 Å². The molecule has 0 amide bonds. The maximum absolute atomic E-state index is 13.4. The Labute approximate surface area is 184 Å². The molecule has 162 valence electrons. The van der Waals surface area contributed by atoms with E-state index in [1.807, 2.05) is 60.7 Å². The molecule has 4 aromatic rings. The number of ether oxygens (including phenoxy) is 1. The van der Waals surface area contributed by atoms with E-state index in [0.717, 1.165) is 28.8 Å². The topological polar surface area (TPSA) is 61.3 Å². The number of hydrogen-bond acceptors (Lipinski definition) is 3. The maximum Gasteiger partial charge on any atom is 0.194 e. The van der Waals surface area contributed by atoms with E-state index in [2.05, 4.69) is 0 Å². The minimum Gasteiger partial charge on any atom is -0.457 e. The lowest BCUT2D eigenvalue weighted by Gasteiger charge is -2.19. The van der Waals surface area contributed by atoms with E-state index < -0.39 is 17.5 Å². The summed E-state index contributed by atoms with van der Waals surface area (Å²) in [6.07, 6.45) is 0.702. The van der Waals surface area contributed by atoms with Crippen LogP contribution < -0.4 is 16.2 Å². The molecule has 0 heterocycles. The highest BCUT2D eigenvalue weighted by molar-refractivity contribution is 5.46. The Morgan fingerprint density at radius 3 is 1.56 bits per heavy atom. The van der Waals surface area contributed by atoms with Gasteiger partial charge in [-0.15, -0.1) is 0 Å².